The van der Waals surface area contributed by atoms with Gasteiger partial charge < -0.3 is 14.3 Å². The summed E-state index contributed by atoms with van der Waals surface area (Å²) in [6, 6.07) is 4.56. The standard InChI is InChI=1S/C18H20O5/c1-11-15(19)8-7-14-13(9-16(20)23-17(11)14)10-22-18(21)12-5-3-2-4-6-12/h7-9,12,19H,2-6,10H2,1H3. The summed E-state index contributed by atoms with van der Waals surface area (Å²) in [4.78, 5) is 23.9. The highest BCUT2D eigenvalue weighted by Crippen LogP contribution is 2.28. The van der Waals surface area contributed by atoms with E-state index in [1.54, 1.807) is 19.1 Å². The van der Waals surface area contributed by atoms with Crippen LogP contribution in [0.1, 0.15) is 43.2 Å². The summed E-state index contributed by atoms with van der Waals surface area (Å²) >= 11 is 0. The number of rotatable bonds is 3. The normalized spacial score (nSPS) is 15.7. The third-order valence-corrected chi connectivity index (χ3v) is 4.53. The third-order valence-electron chi connectivity index (χ3n) is 4.53. The molecule has 0 spiro atoms. The molecule has 0 aliphatic heterocycles. The molecule has 122 valence electrons. The number of phenols is 1. The zero-order chi connectivity index (χ0) is 16.4. The molecule has 0 saturated heterocycles. The van der Waals surface area contributed by atoms with Crippen molar-refractivity contribution >= 4 is 16.9 Å². The van der Waals surface area contributed by atoms with Gasteiger partial charge in [-0.1, -0.05) is 19.3 Å². The van der Waals surface area contributed by atoms with Crippen LogP contribution in [0.15, 0.2) is 27.4 Å². The quantitative estimate of drug-likeness (QED) is 0.693. The minimum Gasteiger partial charge on any atom is -0.508 e. The van der Waals surface area contributed by atoms with Crippen LogP contribution in [-0.2, 0) is 16.1 Å². The molecule has 1 aliphatic rings. The fourth-order valence-electron chi connectivity index (χ4n) is 3.14. The lowest BCUT2D eigenvalue weighted by atomic mass is 9.89. The molecule has 0 unspecified atom stereocenters. The van der Waals surface area contributed by atoms with Crippen LogP contribution in [0, 0.1) is 12.8 Å². The first-order valence-electron chi connectivity index (χ1n) is 7.98. The number of aromatic hydroxyl groups is 1. The first kappa shape index (κ1) is 15.6. The van der Waals surface area contributed by atoms with Gasteiger partial charge in [-0.25, -0.2) is 4.79 Å². The summed E-state index contributed by atoms with van der Waals surface area (Å²) in [5.74, 6) is -0.153. The van der Waals surface area contributed by atoms with Crippen LogP contribution in [0.2, 0.25) is 0 Å². The van der Waals surface area contributed by atoms with Crippen molar-refractivity contribution < 1.29 is 19.1 Å². The fraction of sp³-hybridized carbons (Fsp3) is 0.444. The number of phenolic OH excluding ortho intramolecular Hbond substituents is 1. The van der Waals surface area contributed by atoms with E-state index < -0.39 is 5.63 Å². The Hall–Kier alpha value is -2.30. The van der Waals surface area contributed by atoms with Gasteiger partial charge in [-0.2, -0.15) is 0 Å². The lowest BCUT2D eigenvalue weighted by Crippen LogP contribution is -2.20. The molecular formula is C18H20O5. The molecule has 1 N–H and O–H groups in total. The summed E-state index contributed by atoms with van der Waals surface area (Å²) < 4.78 is 10.6. The summed E-state index contributed by atoms with van der Waals surface area (Å²) in [7, 11) is 0. The summed E-state index contributed by atoms with van der Waals surface area (Å²) in [6.45, 7) is 1.72. The number of aryl methyl sites for hydroxylation is 1. The number of ether oxygens (including phenoxy) is 1. The Labute approximate surface area is 133 Å². The van der Waals surface area contributed by atoms with E-state index in [0.29, 0.717) is 22.1 Å². The number of hydrogen-bond donors (Lipinski definition) is 1. The molecule has 1 aromatic heterocycles. The summed E-state index contributed by atoms with van der Waals surface area (Å²) in [6.07, 6.45) is 5.07. The highest BCUT2D eigenvalue weighted by Gasteiger charge is 2.23. The van der Waals surface area contributed by atoms with Gasteiger partial charge in [-0.3, -0.25) is 4.79 Å². The van der Waals surface area contributed by atoms with Crippen molar-refractivity contribution in [3.63, 3.8) is 0 Å². The van der Waals surface area contributed by atoms with Crippen molar-refractivity contribution in [3.8, 4) is 5.75 Å². The van der Waals surface area contributed by atoms with E-state index in [1.807, 2.05) is 0 Å². The molecule has 5 heteroatoms. The van der Waals surface area contributed by atoms with Gasteiger partial charge in [0.1, 0.15) is 17.9 Å². The van der Waals surface area contributed by atoms with E-state index >= 15 is 0 Å². The number of benzene rings is 1. The number of carbonyl (C=O) groups excluding carboxylic acids is 1. The van der Waals surface area contributed by atoms with Crippen molar-refractivity contribution in [3.05, 3.63) is 39.7 Å². The fourth-order valence-corrected chi connectivity index (χ4v) is 3.14. The Morgan fingerprint density at radius 3 is 2.78 bits per heavy atom. The monoisotopic (exact) mass is 316 g/mol. The van der Waals surface area contributed by atoms with Gasteiger partial charge in [-0.15, -0.1) is 0 Å². The maximum Gasteiger partial charge on any atom is 0.336 e. The average molecular weight is 316 g/mol. The van der Waals surface area contributed by atoms with E-state index in [-0.39, 0.29) is 24.2 Å². The van der Waals surface area contributed by atoms with Crippen molar-refractivity contribution in [2.45, 2.75) is 45.6 Å². The summed E-state index contributed by atoms with van der Waals surface area (Å²) in [5.41, 5.74) is 0.916. The van der Waals surface area contributed by atoms with Gasteiger partial charge in [-0.05, 0) is 31.9 Å². The highest BCUT2D eigenvalue weighted by atomic mass is 16.5. The number of fused-ring (bicyclic) bond motifs is 1. The average Bonchev–Trinajstić information content (AvgIpc) is 2.57. The smallest absolute Gasteiger partial charge is 0.336 e. The molecule has 5 nitrogen and oxygen atoms in total. The van der Waals surface area contributed by atoms with Gasteiger partial charge in [0.15, 0.2) is 0 Å². The predicted octanol–water partition coefficient (Wildman–Crippen LogP) is 3.43. The van der Waals surface area contributed by atoms with Gasteiger partial charge in [0.25, 0.3) is 0 Å². The zero-order valence-electron chi connectivity index (χ0n) is 13.1. The molecule has 0 amide bonds. The zero-order valence-corrected chi connectivity index (χ0v) is 13.1. The van der Waals surface area contributed by atoms with Crippen molar-refractivity contribution in [1.29, 1.82) is 0 Å². The number of hydrogen-bond acceptors (Lipinski definition) is 5. The minimum absolute atomic E-state index is 0.0269. The molecule has 23 heavy (non-hydrogen) atoms. The molecule has 1 saturated carbocycles. The van der Waals surface area contributed by atoms with Crippen molar-refractivity contribution in [2.24, 2.45) is 5.92 Å². The van der Waals surface area contributed by atoms with E-state index in [1.165, 1.54) is 12.5 Å². The number of esters is 1. The Kier molecular flexibility index (Phi) is 4.37. The first-order chi connectivity index (χ1) is 11.1. The molecule has 1 heterocycles. The van der Waals surface area contributed by atoms with Gasteiger partial charge >= 0.3 is 11.6 Å². The van der Waals surface area contributed by atoms with Gasteiger partial charge in [0.2, 0.25) is 0 Å². The molecule has 0 bridgehead atoms. The molecule has 3 rings (SSSR count). The predicted molar refractivity (Wildman–Crippen MR) is 85.3 cm³/mol. The second-order valence-corrected chi connectivity index (χ2v) is 6.12. The van der Waals surface area contributed by atoms with Crippen LogP contribution < -0.4 is 5.63 Å². The van der Waals surface area contributed by atoms with E-state index in [2.05, 4.69) is 0 Å². The Morgan fingerprint density at radius 2 is 2.04 bits per heavy atom. The topological polar surface area (TPSA) is 76.7 Å². The molecule has 0 atom stereocenters. The van der Waals surface area contributed by atoms with Crippen LogP contribution in [0.3, 0.4) is 0 Å². The van der Waals surface area contributed by atoms with Crippen molar-refractivity contribution in [2.75, 3.05) is 0 Å². The van der Waals surface area contributed by atoms with Crippen LogP contribution in [0.4, 0.5) is 0 Å². The van der Waals surface area contributed by atoms with E-state index in [4.69, 9.17) is 9.15 Å². The van der Waals surface area contributed by atoms with Crippen LogP contribution >= 0.6 is 0 Å². The number of carbonyl (C=O) groups is 1. The highest BCUT2D eigenvalue weighted by molar-refractivity contribution is 5.85. The largest absolute Gasteiger partial charge is 0.508 e. The lowest BCUT2D eigenvalue weighted by molar-refractivity contribution is -0.151. The van der Waals surface area contributed by atoms with Gasteiger partial charge in [0.05, 0.1) is 5.92 Å². The molecule has 1 fully saturated rings. The molecule has 1 aromatic carbocycles. The molecule has 0 radical (unpaired) electrons. The van der Waals surface area contributed by atoms with Crippen molar-refractivity contribution in [1.82, 2.24) is 0 Å². The second-order valence-electron chi connectivity index (χ2n) is 6.12. The molecular weight excluding hydrogens is 296 g/mol. The minimum atomic E-state index is -0.519. The Bertz CT molecular complexity index is 784. The van der Waals surface area contributed by atoms with E-state index in [0.717, 1.165) is 25.7 Å². The lowest BCUT2D eigenvalue weighted by Gasteiger charge is -2.20. The maximum absolute atomic E-state index is 12.1. The second kappa shape index (κ2) is 6.44. The third kappa shape index (κ3) is 3.23. The van der Waals surface area contributed by atoms with Crippen LogP contribution in [0.5, 0.6) is 5.75 Å². The molecule has 1 aliphatic carbocycles. The Balaban J connectivity index is 1.84. The summed E-state index contributed by atoms with van der Waals surface area (Å²) in [5, 5.41) is 10.4. The van der Waals surface area contributed by atoms with Crippen LogP contribution in [0.25, 0.3) is 11.0 Å². The maximum atomic E-state index is 12.1. The Morgan fingerprint density at radius 1 is 1.30 bits per heavy atom. The van der Waals surface area contributed by atoms with Crippen LogP contribution in [-0.4, -0.2) is 11.1 Å². The molecule has 2 aromatic rings. The van der Waals surface area contributed by atoms with Gasteiger partial charge in [0, 0.05) is 22.6 Å². The first-order valence-corrected chi connectivity index (χ1v) is 7.98. The van der Waals surface area contributed by atoms with E-state index in [9.17, 15) is 14.7 Å². The SMILES string of the molecule is Cc1c(O)ccc2c(COC(=O)C3CCCCC3)cc(=O)oc12.